The summed E-state index contributed by atoms with van der Waals surface area (Å²) >= 11 is 0. The van der Waals surface area contributed by atoms with Gasteiger partial charge in [-0.05, 0) is 12.1 Å². The molecule has 0 aliphatic heterocycles. The standard InChI is InChI=1S/C11H12N2O5/c1-17-8-5-3-4-7(6-8)12-13-9(10(14)15)11(16)18-2/h3-6,12H,1-2H3,(H,14,15)/b13-9-. The Hall–Kier alpha value is -2.57. The Morgan fingerprint density at radius 3 is 2.61 bits per heavy atom. The molecule has 96 valence electrons. The van der Waals surface area contributed by atoms with Crippen molar-refractivity contribution in [2.45, 2.75) is 0 Å². The molecule has 0 aromatic heterocycles. The molecular weight excluding hydrogens is 240 g/mol. The number of aliphatic carboxylic acids is 1. The predicted molar refractivity (Wildman–Crippen MR) is 63.7 cm³/mol. The minimum absolute atomic E-state index is 0.483. The lowest BCUT2D eigenvalue weighted by atomic mass is 10.3. The molecule has 0 unspecified atom stereocenters. The lowest BCUT2D eigenvalue weighted by Gasteiger charge is -2.04. The molecule has 2 N–H and O–H groups in total. The number of carboxylic acids is 1. The molecule has 18 heavy (non-hydrogen) atoms. The van der Waals surface area contributed by atoms with Gasteiger partial charge < -0.3 is 14.6 Å². The number of nitrogens with one attached hydrogen (secondary N) is 1. The van der Waals surface area contributed by atoms with Gasteiger partial charge in [0.25, 0.3) is 5.71 Å². The topological polar surface area (TPSA) is 97.2 Å². The van der Waals surface area contributed by atoms with Crippen molar-refractivity contribution in [1.82, 2.24) is 0 Å². The number of hydrazone groups is 1. The number of benzene rings is 1. The van der Waals surface area contributed by atoms with Gasteiger partial charge in [0.1, 0.15) is 5.75 Å². The molecule has 0 atom stereocenters. The molecule has 0 spiro atoms. The van der Waals surface area contributed by atoms with E-state index in [2.05, 4.69) is 15.3 Å². The van der Waals surface area contributed by atoms with Crippen LogP contribution in [0.3, 0.4) is 0 Å². The maximum absolute atomic E-state index is 11.1. The van der Waals surface area contributed by atoms with Crippen LogP contribution < -0.4 is 10.2 Å². The molecule has 0 amide bonds. The lowest BCUT2D eigenvalue weighted by Crippen LogP contribution is -2.26. The molecule has 0 aliphatic carbocycles. The van der Waals surface area contributed by atoms with Crippen molar-refractivity contribution in [3.05, 3.63) is 24.3 Å². The van der Waals surface area contributed by atoms with Crippen LogP contribution >= 0.6 is 0 Å². The minimum atomic E-state index is -1.47. The van der Waals surface area contributed by atoms with Gasteiger partial charge in [0.05, 0.1) is 19.9 Å². The summed E-state index contributed by atoms with van der Waals surface area (Å²) in [5.74, 6) is -1.93. The molecule has 0 fully saturated rings. The number of anilines is 1. The molecule has 7 heteroatoms. The van der Waals surface area contributed by atoms with Crippen LogP contribution in [0.15, 0.2) is 29.4 Å². The summed E-state index contributed by atoms with van der Waals surface area (Å²) < 4.78 is 9.27. The number of carbonyl (C=O) groups is 2. The van der Waals surface area contributed by atoms with Gasteiger partial charge in [-0.2, -0.15) is 5.10 Å². The molecule has 7 nitrogen and oxygen atoms in total. The Balaban J connectivity index is 2.88. The zero-order valence-corrected chi connectivity index (χ0v) is 9.84. The third-order valence-corrected chi connectivity index (χ3v) is 1.95. The van der Waals surface area contributed by atoms with Gasteiger partial charge in [-0.1, -0.05) is 6.07 Å². The Bertz CT molecular complexity index is 484. The molecule has 1 rings (SSSR count). The van der Waals surface area contributed by atoms with Crippen molar-refractivity contribution in [3.8, 4) is 5.75 Å². The second kappa shape index (κ2) is 6.24. The van der Waals surface area contributed by atoms with Crippen molar-refractivity contribution in [2.24, 2.45) is 5.10 Å². The molecule has 0 saturated carbocycles. The van der Waals surface area contributed by atoms with Gasteiger partial charge in [-0.25, -0.2) is 9.59 Å². The molecular formula is C11H12N2O5. The van der Waals surface area contributed by atoms with Crippen LogP contribution in [0.5, 0.6) is 5.75 Å². The Morgan fingerprint density at radius 2 is 2.06 bits per heavy atom. The Labute approximate surface area is 103 Å². The summed E-state index contributed by atoms with van der Waals surface area (Å²) in [6.07, 6.45) is 0. The van der Waals surface area contributed by atoms with Crippen molar-refractivity contribution >= 4 is 23.3 Å². The second-order valence-corrected chi connectivity index (χ2v) is 3.10. The van der Waals surface area contributed by atoms with Crippen molar-refractivity contribution in [3.63, 3.8) is 0 Å². The third-order valence-electron chi connectivity index (χ3n) is 1.95. The molecule has 0 radical (unpaired) electrons. The first-order chi connectivity index (χ1) is 8.58. The van der Waals surface area contributed by atoms with E-state index >= 15 is 0 Å². The highest BCUT2D eigenvalue weighted by atomic mass is 16.5. The van der Waals surface area contributed by atoms with Crippen LogP contribution in [-0.4, -0.2) is 37.0 Å². The smallest absolute Gasteiger partial charge is 0.366 e. The first kappa shape index (κ1) is 13.5. The highest BCUT2D eigenvalue weighted by Crippen LogP contribution is 2.16. The molecule has 0 heterocycles. The van der Waals surface area contributed by atoms with Gasteiger partial charge in [0, 0.05) is 6.07 Å². The average Bonchev–Trinajstić information content (AvgIpc) is 2.38. The van der Waals surface area contributed by atoms with E-state index in [-0.39, 0.29) is 0 Å². The van der Waals surface area contributed by atoms with E-state index in [9.17, 15) is 9.59 Å². The fraction of sp³-hybridized carbons (Fsp3) is 0.182. The van der Waals surface area contributed by atoms with E-state index in [1.807, 2.05) is 0 Å². The predicted octanol–water partition coefficient (Wildman–Crippen LogP) is 0.721. The summed E-state index contributed by atoms with van der Waals surface area (Å²) in [6.45, 7) is 0. The van der Waals surface area contributed by atoms with Crippen molar-refractivity contribution < 1.29 is 24.2 Å². The zero-order valence-electron chi connectivity index (χ0n) is 9.84. The number of methoxy groups -OCH3 is 2. The fourth-order valence-corrected chi connectivity index (χ4v) is 1.09. The maximum Gasteiger partial charge on any atom is 0.366 e. The number of esters is 1. The van der Waals surface area contributed by atoms with E-state index < -0.39 is 17.7 Å². The summed E-state index contributed by atoms with van der Waals surface area (Å²) in [4.78, 5) is 21.8. The Kier molecular flexibility index (Phi) is 4.67. The SMILES string of the molecule is COC(=O)/C(=N\Nc1cccc(OC)c1)C(=O)O. The quantitative estimate of drug-likeness (QED) is 0.347. The molecule has 1 aromatic rings. The summed E-state index contributed by atoms with van der Waals surface area (Å²) in [5, 5.41) is 12.2. The van der Waals surface area contributed by atoms with Gasteiger partial charge in [-0.3, -0.25) is 5.43 Å². The number of hydrogen-bond acceptors (Lipinski definition) is 6. The van der Waals surface area contributed by atoms with Crippen molar-refractivity contribution in [2.75, 3.05) is 19.6 Å². The van der Waals surface area contributed by atoms with Crippen LogP contribution in [-0.2, 0) is 14.3 Å². The van der Waals surface area contributed by atoms with Crippen LogP contribution in [0, 0.1) is 0 Å². The van der Waals surface area contributed by atoms with Crippen LogP contribution in [0.25, 0.3) is 0 Å². The van der Waals surface area contributed by atoms with Crippen LogP contribution in [0.1, 0.15) is 0 Å². The van der Waals surface area contributed by atoms with Crippen LogP contribution in [0.2, 0.25) is 0 Å². The minimum Gasteiger partial charge on any atom is -0.497 e. The first-order valence-corrected chi connectivity index (χ1v) is 4.88. The monoisotopic (exact) mass is 252 g/mol. The average molecular weight is 252 g/mol. The van der Waals surface area contributed by atoms with Gasteiger partial charge in [-0.15, -0.1) is 0 Å². The second-order valence-electron chi connectivity index (χ2n) is 3.10. The number of ether oxygens (including phenoxy) is 2. The Morgan fingerprint density at radius 1 is 1.33 bits per heavy atom. The molecule has 0 aliphatic rings. The number of carboxylic acid groups (broad SMARTS) is 1. The molecule has 1 aromatic carbocycles. The highest BCUT2D eigenvalue weighted by molar-refractivity contribution is 6.62. The van der Waals surface area contributed by atoms with E-state index in [1.54, 1.807) is 24.3 Å². The van der Waals surface area contributed by atoms with E-state index in [1.165, 1.54) is 7.11 Å². The summed E-state index contributed by atoms with van der Waals surface area (Å²) in [6, 6.07) is 6.64. The van der Waals surface area contributed by atoms with E-state index in [4.69, 9.17) is 9.84 Å². The lowest BCUT2D eigenvalue weighted by molar-refractivity contribution is -0.136. The van der Waals surface area contributed by atoms with Gasteiger partial charge in [0.15, 0.2) is 0 Å². The van der Waals surface area contributed by atoms with Crippen molar-refractivity contribution in [1.29, 1.82) is 0 Å². The molecule has 0 saturated heterocycles. The summed E-state index contributed by atoms with van der Waals surface area (Å²) in [5.41, 5.74) is 2.19. The zero-order chi connectivity index (χ0) is 13.5. The van der Waals surface area contributed by atoms with E-state index in [0.29, 0.717) is 11.4 Å². The van der Waals surface area contributed by atoms with Gasteiger partial charge >= 0.3 is 11.9 Å². The number of nitrogens with zero attached hydrogens (tertiary/aromatic N) is 1. The van der Waals surface area contributed by atoms with E-state index in [0.717, 1.165) is 7.11 Å². The third kappa shape index (κ3) is 3.48. The number of rotatable bonds is 5. The number of carbonyl (C=O) groups excluding carboxylic acids is 1. The molecule has 0 bridgehead atoms. The fourth-order valence-electron chi connectivity index (χ4n) is 1.09. The largest absolute Gasteiger partial charge is 0.497 e. The first-order valence-electron chi connectivity index (χ1n) is 4.88. The van der Waals surface area contributed by atoms with Crippen LogP contribution in [0.4, 0.5) is 5.69 Å². The highest BCUT2D eigenvalue weighted by Gasteiger charge is 2.20. The normalized spacial score (nSPS) is 10.7. The summed E-state index contributed by atoms with van der Waals surface area (Å²) in [7, 11) is 2.58. The number of hydrogen-bond donors (Lipinski definition) is 2. The van der Waals surface area contributed by atoms with Gasteiger partial charge in [0.2, 0.25) is 0 Å². The maximum atomic E-state index is 11.1.